The molecule has 1 saturated carbocycles. The van der Waals surface area contributed by atoms with Gasteiger partial charge in [0.1, 0.15) is 5.75 Å². The van der Waals surface area contributed by atoms with E-state index in [-0.39, 0.29) is 0 Å². The Hall–Kier alpha value is -1.14. The number of ether oxygens (including phenoxy) is 2. The molecule has 0 bridgehead atoms. The average Bonchev–Trinajstić information content (AvgIpc) is 3.34. The fourth-order valence-corrected chi connectivity index (χ4v) is 4.82. The molecule has 0 aromatic heterocycles. The molecule has 1 aliphatic carbocycles. The molecule has 3 fully saturated rings. The van der Waals surface area contributed by atoms with Gasteiger partial charge in [0.15, 0.2) is 0 Å². The zero-order valence-electron chi connectivity index (χ0n) is 16.4. The lowest BCUT2D eigenvalue weighted by molar-refractivity contribution is 0.0264. The van der Waals surface area contributed by atoms with Crippen molar-refractivity contribution >= 4 is 0 Å². The Morgan fingerprint density at radius 3 is 2.37 bits per heavy atom. The summed E-state index contributed by atoms with van der Waals surface area (Å²) in [6.07, 6.45) is 5.41. The zero-order valence-corrected chi connectivity index (χ0v) is 16.4. The minimum absolute atomic E-state index is 0.291. The molecule has 150 valence electrons. The highest BCUT2D eigenvalue weighted by Crippen LogP contribution is 2.27. The topological polar surface area (TPSA) is 45.2 Å². The second-order valence-corrected chi connectivity index (χ2v) is 8.48. The zero-order chi connectivity index (χ0) is 18.5. The summed E-state index contributed by atoms with van der Waals surface area (Å²) in [5, 5.41) is 9.84. The lowest BCUT2D eigenvalue weighted by atomic mass is 9.96. The van der Waals surface area contributed by atoms with Crippen LogP contribution >= 0.6 is 0 Å². The molecule has 2 atom stereocenters. The minimum atomic E-state index is 0.291. The lowest BCUT2D eigenvalue weighted by Gasteiger charge is -2.30. The molecule has 2 saturated heterocycles. The quantitative estimate of drug-likeness (QED) is 0.794. The third kappa shape index (κ3) is 5.23. The van der Waals surface area contributed by atoms with Crippen LogP contribution in [0, 0.1) is 11.8 Å². The van der Waals surface area contributed by atoms with Gasteiger partial charge in [-0.15, -0.1) is 0 Å². The molecule has 27 heavy (non-hydrogen) atoms. The molecule has 0 radical (unpaired) electrons. The fraction of sp³-hybridized carbons (Fsp3) is 0.727. The third-order valence-electron chi connectivity index (χ3n) is 6.42. The van der Waals surface area contributed by atoms with Crippen LogP contribution in [0.1, 0.15) is 31.2 Å². The van der Waals surface area contributed by atoms with Crippen molar-refractivity contribution < 1.29 is 14.6 Å². The van der Waals surface area contributed by atoms with Crippen molar-refractivity contribution in [2.24, 2.45) is 11.8 Å². The molecule has 5 nitrogen and oxygen atoms in total. The number of benzene rings is 1. The summed E-state index contributed by atoms with van der Waals surface area (Å²) in [5.74, 6) is 1.95. The Kier molecular flexibility index (Phi) is 6.66. The van der Waals surface area contributed by atoms with Crippen LogP contribution in [0.3, 0.4) is 0 Å². The van der Waals surface area contributed by atoms with E-state index in [9.17, 15) is 5.11 Å². The van der Waals surface area contributed by atoms with Crippen molar-refractivity contribution in [1.82, 2.24) is 9.80 Å². The molecule has 0 amide bonds. The van der Waals surface area contributed by atoms with Gasteiger partial charge in [-0.1, -0.05) is 12.1 Å². The summed E-state index contributed by atoms with van der Waals surface area (Å²) in [5.41, 5.74) is 1.33. The number of rotatable bonds is 7. The summed E-state index contributed by atoms with van der Waals surface area (Å²) < 4.78 is 11.5. The van der Waals surface area contributed by atoms with Crippen molar-refractivity contribution in [2.45, 2.75) is 38.3 Å². The van der Waals surface area contributed by atoms with Gasteiger partial charge in [0, 0.05) is 45.9 Å². The maximum Gasteiger partial charge on any atom is 0.119 e. The van der Waals surface area contributed by atoms with Crippen LogP contribution < -0.4 is 4.74 Å². The number of nitrogens with zero attached hydrogens (tertiary/aromatic N) is 2. The Morgan fingerprint density at radius 2 is 1.67 bits per heavy atom. The van der Waals surface area contributed by atoms with Crippen LogP contribution in [0.5, 0.6) is 5.75 Å². The Bertz CT molecular complexity index is 567. The number of aliphatic hydroxyl groups excluding tert-OH is 1. The number of hydrogen-bond acceptors (Lipinski definition) is 5. The third-order valence-corrected chi connectivity index (χ3v) is 6.42. The van der Waals surface area contributed by atoms with Crippen LogP contribution in [-0.2, 0) is 11.3 Å². The van der Waals surface area contributed by atoms with Gasteiger partial charge in [0.05, 0.1) is 19.3 Å². The van der Waals surface area contributed by atoms with Gasteiger partial charge in [0.25, 0.3) is 0 Å². The van der Waals surface area contributed by atoms with E-state index in [2.05, 4.69) is 34.1 Å². The molecule has 0 unspecified atom stereocenters. The first-order valence-electron chi connectivity index (χ1n) is 10.7. The summed E-state index contributed by atoms with van der Waals surface area (Å²) >= 11 is 0. The predicted octanol–water partition coefficient (Wildman–Crippen LogP) is 2.38. The molecule has 1 N–H and O–H groups in total. The van der Waals surface area contributed by atoms with Gasteiger partial charge in [-0.25, -0.2) is 0 Å². The maximum absolute atomic E-state index is 9.84. The van der Waals surface area contributed by atoms with Crippen molar-refractivity contribution in [2.75, 3.05) is 52.5 Å². The van der Waals surface area contributed by atoms with Crippen LogP contribution in [0.4, 0.5) is 0 Å². The molecular weight excluding hydrogens is 340 g/mol. The number of morpholine rings is 1. The van der Waals surface area contributed by atoms with E-state index in [0.29, 0.717) is 24.5 Å². The van der Waals surface area contributed by atoms with Crippen LogP contribution in [0.2, 0.25) is 0 Å². The normalized spacial score (nSPS) is 28.0. The van der Waals surface area contributed by atoms with E-state index in [1.165, 1.54) is 31.2 Å². The number of aliphatic hydroxyl groups is 1. The van der Waals surface area contributed by atoms with Crippen molar-refractivity contribution in [3.63, 3.8) is 0 Å². The molecule has 1 aromatic rings. The molecule has 0 spiro atoms. The second kappa shape index (κ2) is 9.37. The van der Waals surface area contributed by atoms with E-state index in [0.717, 1.165) is 58.2 Å². The molecule has 2 heterocycles. The lowest BCUT2D eigenvalue weighted by Crippen LogP contribution is -2.41. The molecular formula is C22H34N2O3. The maximum atomic E-state index is 9.84. The predicted molar refractivity (Wildman–Crippen MR) is 106 cm³/mol. The highest BCUT2D eigenvalue weighted by atomic mass is 16.5. The van der Waals surface area contributed by atoms with Crippen LogP contribution in [-0.4, -0.2) is 73.6 Å². The van der Waals surface area contributed by atoms with Gasteiger partial charge in [-0.2, -0.15) is 0 Å². The van der Waals surface area contributed by atoms with Gasteiger partial charge in [-0.05, 0) is 55.2 Å². The van der Waals surface area contributed by atoms with E-state index >= 15 is 0 Å². The smallest absolute Gasteiger partial charge is 0.119 e. The molecule has 5 heteroatoms. The van der Waals surface area contributed by atoms with Crippen LogP contribution in [0.25, 0.3) is 0 Å². The Labute approximate surface area is 163 Å². The molecule has 1 aromatic carbocycles. The van der Waals surface area contributed by atoms with E-state index in [1.54, 1.807) is 0 Å². The first-order valence-corrected chi connectivity index (χ1v) is 10.7. The summed E-state index contributed by atoms with van der Waals surface area (Å²) in [4.78, 5) is 4.99. The van der Waals surface area contributed by atoms with E-state index < -0.39 is 0 Å². The number of hydrogen-bond donors (Lipinski definition) is 1. The van der Waals surface area contributed by atoms with Gasteiger partial charge < -0.3 is 14.6 Å². The van der Waals surface area contributed by atoms with Gasteiger partial charge in [-0.3, -0.25) is 9.80 Å². The van der Waals surface area contributed by atoms with Gasteiger partial charge in [0.2, 0.25) is 0 Å². The van der Waals surface area contributed by atoms with E-state index in [4.69, 9.17) is 9.47 Å². The summed E-state index contributed by atoms with van der Waals surface area (Å²) in [6, 6.07) is 8.65. The fourth-order valence-electron chi connectivity index (χ4n) is 4.82. The molecule has 2 aliphatic heterocycles. The summed E-state index contributed by atoms with van der Waals surface area (Å²) in [6.45, 7) is 8.13. The van der Waals surface area contributed by atoms with Crippen molar-refractivity contribution in [3.8, 4) is 5.75 Å². The largest absolute Gasteiger partial charge is 0.490 e. The van der Waals surface area contributed by atoms with Crippen LogP contribution in [0.15, 0.2) is 24.3 Å². The van der Waals surface area contributed by atoms with Gasteiger partial charge >= 0.3 is 0 Å². The van der Waals surface area contributed by atoms with Crippen molar-refractivity contribution in [3.05, 3.63) is 29.8 Å². The second-order valence-electron chi connectivity index (χ2n) is 8.48. The molecule has 4 rings (SSSR count). The molecule has 3 aliphatic rings. The minimum Gasteiger partial charge on any atom is -0.490 e. The SMILES string of the molecule is OC[C@H]1CN(Cc2ccc(OC3CCCC3)cc2)C[C@H]1CN1CCOCC1. The Balaban J connectivity index is 1.28. The van der Waals surface area contributed by atoms with Crippen molar-refractivity contribution in [1.29, 1.82) is 0 Å². The highest BCUT2D eigenvalue weighted by molar-refractivity contribution is 5.27. The standard InChI is InChI=1S/C22H34N2O3/c25-17-20-16-24(15-19(20)14-23-9-11-26-12-10-23)13-18-5-7-22(8-6-18)27-21-3-1-2-4-21/h5-8,19-21,25H,1-4,9-17H2/t19-,20-/m1/s1. The first kappa shape index (κ1) is 19.2. The summed E-state index contributed by atoms with van der Waals surface area (Å²) in [7, 11) is 0. The highest BCUT2D eigenvalue weighted by Gasteiger charge is 2.33. The Morgan fingerprint density at radius 1 is 0.963 bits per heavy atom. The monoisotopic (exact) mass is 374 g/mol. The first-order chi connectivity index (χ1) is 13.3. The van der Waals surface area contributed by atoms with E-state index in [1.807, 2.05) is 0 Å². The number of likely N-dealkylation sites (tertiary alicyclic amines) is 1. The average molecular weight is 375 g/mol.